The molecule has 0 N–H and O–H groups in total. The average molecular weight is 362 g/mol. The van der Waals surface area contributed by atoms with Gasteiger partial charge in [0.25, 0.3) is 6.43 Å². The highest BCUT2D eigenvalue weighted by Gasteiger charge is 2.19. The fourth-order valence-electron chi connectivity index (χ4n) is 1.08. The average Bonchev–Trinajstić information content (AvgIpc) is 2.22. The second-order valence-corrected chi connectivity index (χ2v) is 4.38. The van der Waals surface area contributed by atoms with E-state index in [1.807, 2.05) is 22.6 Å². The molecule has 0 spiro atoms. The van der Waals surface area contributed by atoms with E-state index >= 15 is 0 Å². The minimum Gasteiger partial charge on any atom is -0.469 e. The van der Waals surface area contributed by atoms with Crippen LogP contribution in [0, 0.1) is 3.57 Å². The third-order valence-corrected chi connectivity index (χ3v) is 3.24. The summed E-state index contributed by atoms with van der Waals surface area (Å²) in [5.74, 6) is -0.596. The van der Waals surface area contributed by atoms with Gasteiger partial charge in [0.05, 0.1) is 17.1 Å². The Morgan fingerprint density at radius 2 is 2.31 bits per heavy atom. The molecule has 0 atom stereocenters. The van der Waals surface area contributed by atoms with E-state index in [4.69, 9.17) is 11.6 Å². The molecule has 0 saturated heterocycles. The second-order valence-electron chi connectivity index (χ2n) is 2.86. The lowest BCUT2D eigenvalue weighted by atomic mass is 10.1. The molecular formula is C9H7ClF2INO2. The van der Waals surface area contributed by atoms with Crippen molar-refractivity contribution in [2.24, 2.45) is 0 Å². The Morgan fingerprint density at radius 1 is 1.69 bits per heavy atom. The van der Waals surface area contributed by atoms with Gasteiger partial charge >= 0.3 is 5.97 Å². The number of alkyl halides is 2. The number of methoxy groups -OCH3 is 1. The summed E-state index contributed by atoms with van der Waals surface area (Å²) in [7, 11) is 1.19. The van der Waals surface area contributed by atoms with Crippen LogP contribution in [0.25, 0.3) is 0 Å². The summed E-state index contributed by atoms with van der Waals surface area (Å²) < 4.78 is 30.2. The van der Waals surface area contributed by atoms with E-state index in [9.17, 15) is 13.6 Å². The number of rotatable bonds is 3. The van der Waals surface area contributed by atoms with Crippen LogP contribution in [-0.2, 0) is 16.0 Å². The summed E-state index contributed by atoms with van der Waals surface area (Å²) in [6, 6.07) is 1.41. The predicted octanol–water partition coefficient (Wildman–Crippen LogP) is 2.99. The van der Waals surface area contributed by atoms with Gasteiger partial charge in [-0.25, -0.2) is 13.8 Å². The number of hydrogen-bond donors (Lipinski definition) is 0. The first-order chi connectivity index (χ1) is 7.45. The minimum atomic E-state index is -2.77. The number of aromatic nitrogens is 1. The van der Waals surface area contributed by atoms with Crippen LogP contribution in [0.3, 0.4) is 0 Å². The summed E-state index contributed by atoms with van der Waals surface area (Å²) in [6.07, 6.45) is -3.01. The SMILES string of the molecule is COC(=O)Cc1cc(I)c(Cl)nc1C(F)F. The van der Waals surface area contributed by atoms with Crippen LogP contribution in [0.2, 0.25) is 5.15 Å². The van der Waals surface area contributed by atoms with Gasteiger partial charge in [-0.1, -0.05) is 11.6 Å². The highest BCUT2D eigenvalue weighted by molar-refractivity contribution is 14.1. The lowest BCUT2D eigenvalue weighted by molar-refractivity contribution is -0.139. The molecule has 0 unspecified atom stereocenters. The fourth-order valence-corrected chi connectivity index (χ4v) is 1.72. The molecule has 0 aliphatic carbocycles. The molecule has 3 nitrogen and oxygen atoms in total. The topological polar surface area (TPSA) is 39.2 Å². The number of nitrogens with zero attached hydrogens (tertiary/aromatic N) is 1. The van der Waals surface area contributed by atoms with Crippen molar-refractivity contribution in [2.75, 3.05) is 7.11 Å². The molecule has 0 aliphatic rings. The summed E-state index contributed by atoms with van der Waals surface area (Å²) in [5, 5.41) is 0.00418. The van der Waals surface area contributed by atoms with Crippen molar-refractivity contribution in [1.82, 2.24) is 4.98 Å². The maximum Gasteiger partial charge on any atom is 0.310 e. The van der Waals surface area contributed by atoms with Crippen molar-refractivity contribution >= 4 is 40.2 Å². The van der Waals surface area contributed by atoms with E-state index < -0.39 is 18.1 Å². The first-order valence-corrected chi connectivity index (χ1v) is 5.61. The van der Waals surface area contributed by atoms with Gasteiger partial charge < -0.3 is 4.74 Å². The number of halogens is 4. The van der Waals surface area contributed by atoms with E-state index in [1.165, 1.54) is 13.2 Å². The zero-order chi connectivity index (χ0) is 12.3. The van der Waals surface area contributed by atoms with Crippen molar-refractivity contribution < 1.29 is 18.3 Å². The molecule has 0 aliphatic heterocycles. The molecule has 0 aromatic carbocycles. The molecular weight excluding hydrogens is 354 g/mol. The van der Waals surface area contributed by atoms with Crippen molar-refractivity contribution in [1.29, 1.82) is 0 Å². The zero-order valence-electron chi connectivity index (χ0n) is 8.14. The van der Waals surface area contributed by atoms with Gasteiger partial charge in [0, 0.05) is 0 Å². The third kappa shape index (κ3) is 3.24. The minimum absolute atomic E-state index is 0.00418. The van der Waals surface area contributed by atoms with Crippen LogP contribution in [0.15, 0.2) is 6.07 Å². The van der Waals surface area contributed by atoms with Crippen LogP contribution >= 0.6 is 34.2 Å². The molecule has 0 amide bonds. The maximum absolute atomic E-state index is 12.6. The summed E-state index contributed by atoms with van der Waals surface area (Å²) in [6.45, 7) is 0. The molecule has 1 rings (SSSR count). The van der Waals surface area contributed by atoms with Gasteiger partial charge in [-0.3, -0.25) is 4.79 Å². The summed E-state index contributed by atoms with van der Waals surface area (Å²) >= 11 is 7.49. The number of ether oxygens (including phenoxy) is 1. The van der Waals surface area contributed by atoms with E-state index in [2.05, 4.69) is 9.72 Å². The van der Waals surface area contributed by atoms with Gasteiger partial charge in [0.2, 0.25) is 0 Å². The lowest BCUT2D eigenvalue weighted by Crippen LogP contribution is -2.09. The number of carbonyl (C=O) groups is 1. The smallest absolute Gasteiger partial charge is 0.310 e. The summed E-state index contributed by atoms with van der Waals surface area (Å²) in [5.41, 5.74) is -0.341. The highest BCUT2D eigenvalue weighted by Crippen LogP contribution is 2.26. The molecule has 0 fully saturated rings. The van der Waals surface area contributed by atoms with Crippen LogP contribution < -0.4 is 0 Å². The Bertz CT molecular complexity index is 415. The molecule has 0 radical (unpaired) electrons. The quantitative estimate of drug-likeness (QED) is 0.472. The molecule has 0 bridgehead atoms. The number of carbonyl (C=O) groups excluding carboxylic acids is 1. The Labute approximate surface area is 109 Å². The molecule has 1 aromatic heterocycles. The van der Waals surface area contributed by atoms with Crippen LogP contribution in [-0.4, -0.2) is 18.1 Å². The maximum atomic E-state index is 12.6. The van der Waals surface area contributed by atoms with E-state index in [-0.39, 0.29) is 17.1 Å². The Hall–Kier alpha value is -0.500. The van der Waals surface area contributed by atoms with E-state index in [0.717, 1.165) is 0 Å². The van der Waals surface area contributed by atoms with Crippen molar-refractivity contribution in [3.8, 4) is 0 Å². The molecule has 16 heavy (non-hydrogen) atoms. The number of esters is 1. The largest absolute Gasteiger partial charge is 0.469 e. The standard InChI is InChI=1S/C9H7ClF2INO2/c1-16-6(15)3-4-2-5(13)8(10)14-7(4)9(11)12/h2,9H,3H2,1H3. The third-order valence-electron chi connectivity index (χ3n) is 1.81. The lowest BCUT2D eigenvalue weighted by Gasteiger charge is -2.08. The van der Waals surface area contributed by atoms with Crippen molar-refractivity contribution in [2.45, 2.75) is 12.8 Å². The molecule has 7 heteroatoms. The first-order valence-electron chi connectivity index (χ1n) is 4.15. The van der Waals surface area contributed by atoms with Gasteiger partial charge in [-0.2, -0.15) is 0 Å². The number of hydrogen-bond acceptors (Lipinski definition) is 3. The zero-order valence-corrected chi connectivity index (χ0v) is 11.1. The molecule has 88 valence electrons. The molecule has 1 aromatic rings. The van der Waals surface area contributed by atoms with Crippen LogP contribution in [0.4, 0.5) is 8.78 Å². The number of pyridine rings is 1. The van der Waals surface area contributed by atoms with Gasteiger partial charge in [-0.05, 0) is 34.2 Å². The second kappa shape index (κ2) is 5.72. The summed E-state index contributed by atoms with van der Waals surface area (Å²) in [4.78, 5) is 14.6. The van der Waals surface area contributed by atoms with Crippen LogP contribution in [0.1, 0.15) is 17.7 Å². The monoisotopic (exact) mass is 361 g/mol. The van der Waals surface area contributed by atoms with Crippen LogP contribution in [0.5, 0.6) is 0 Å². The van der Waals surface area contributed by atoms with Gasteiger partial charge in [0.1, 0.15) is 10.8 Å². The van der Waals surface area contributed by atoms with Crippen molar-refractivity contribution in [3.05, 3.63) is 26.0 Å². The van der Waals surface area contributed by atoms with Crippen molar-refractivity contribution in [3.63, 3.8) is 0 Å². The first kappa shape index (κ1) is 13.6. The van der Waals surface area contributed by atoms with Gasteiger partial charge in [-0.15, -0.1) is 0 Å². The van der Waals surface area contributed by atoms with E-state index in [0.29, 0.717) is 3.57 Å². The van der Waals surface area contributed by atoms with E-state index in [1.54, 1.807) is 0 Å². The Kier molecular flexibility index (Phi) is 4.85. The highest BCUT2D eigenvalue weighted by atomic mass is 127. The normalized spacial score (nSPS) is 10.6. The molecule has 0 saturated carbocycles. The fraction of sp³-hybridized carbons (Fsp3) is 0.333. The van der Waals surface area contributed by atoms with Gasteiger partial charge in [0.15, 0.2) is 0 Å². The molecule has 1 heterocycles. The predicted molar refractivity (Wildman–Crippen MR) is 62.6 cm³/mol. The Balaban J connectivity index is 3.14. The Morgan fingerprint density at radius 3 is 2.81 bits per heavy atom.